The summed E-state index contributed by atoms with van der Waals surface area (Å²) in [6, 6.07) is 41.8. The highest BCUT2D eigenvalue weighted by Gasteiger charge is 2.51. The molecule has 32 heavy (non-hydrogen) atoms. The van der Waals surface area contributed by atoms with Crippen molar-refractivity contribution in [2.75, 3.05) is 0 Å². The van der Waals surface area contributed by atoms with Gasteiger partial charge in [-0.1, -0.05) is 109 Å². The van der Waals surface area contributed by atoms with Gasteiger partial charge in [0.2, 0.25) is 0 Å². The highest BCUT2D eigenvalue weighted by molar-refractivity contribution is 6.30. The smallest absolute Gasteiger partial charge is 0.0725 e. The van der Waals surface area contributed by atoms with Crippen LogP contribution in [0, 0.1) is 0 Å². The summed E-state index contributed by atoms with van der Waals surface area (Å²) >= 11 is 6.34. The molecule has 7 rings (SSSR count). The predicted octanol–water partition coefficient (Wildman–Crippen LogP) is 8.35. The van der Waals surface area contributed by atoms with E-state index in [4.69, 9.17) is 11.6 Å². The topological polar surface area (TPSA) is 0 Å². The molecule has 0 saturated carbocycles. The second kappa shape index (κ2) is 6.45. The summed E-state index contributed by atoms with van der Waals surface area (Å²) in [5.74, 6) is 0. The van der Waals surface area contributed by atoms with Crippen LogP contribution in [0.4, 0.5) is 0 Å². The minimum absolute atomic E-state index is 0.298. The van der Waals surface area contributed by atoms with E-state index < -0.39 is 0 Å². The lowest BCUT2D eigenvalue weighted by Crippen LogP contribution is -2.25. The highest BCUT2D eigenvalue weighted by atomic mass is 35.5. The van der Waals surface area contributed by atoms with Gasteiger partial charge in [0.25, 0.3) is 0 Å². The molecule has 0 aliphatic heterocycles. The Morgan fingerprint density at radius 3 is 1.47 bits per heavy atom. The second-order valence-corrected chi connectivity index (χ2v) is 9.09. The summed E-state index contributed by atoms with van der Waals surface area (Å²) in [7, 11) is 0. The number of benzene rings is 5. The van der Waals surface area contributed by atoms with Gasteiger partial charge in [0.05, 0.1) is 5.41 Å². The first kappa shape index (κ1) is 18.0. The van der Waals surface area contributed by atoms with E-state index in [1.807, 2.05) is 12.1 Å². The summed E-state index contributed by atoms with van der Waals surface area (Å²) in [5.41, 5.74) is 12.8. The zero-order valence-corrected chi connectivity index (χ0v) is 18.1. The molecule has 0 atom stereocenters. The van der Waals surface area contributed by atoms with Crippen LogP contribution in [0.1, 0.15) is 22.3 Å². The first-order valence-electron chi connectivity index (χ1n) is 11.0. The molecule has 5 aromatic rings. The van der Waals surface area contributed by atoms with E-state index in [-0.39, 0.29) is 5.41 Å². The predicted molar refractivity (Wildman–Crippen MR) is 133 cm³/mol. The van der Waals surface area contributed by atoms with Gasteiger partial charge in [-0.2, -0.15) is 0 Å². The molecule has 0 heterocycles. The van der Waals surface area contributed by atoms with E-state index in [9.17, 15) is 0 Å². The third kappa shape index (κ3) is 2.18. The summed E-state index contributed by atoms with van der Waals surface area (Å²) in [5, 5.41) is 0.762. The van der Waals surface area contributed by atoms with Crippen LogP contribution in [-0.4, -0.2) is 0 Å². The van der Waals surface area contributed by atoms with Crippen LogP contribution in [0.2, 0.25) is 5.02 Å². The minimum atomic E-state index is -0.298. The van der Waals surface area contributed by atoms with Gasteiger partial charge >= 0.3 is 0 Å². The van der Waals surface area contributed by atoms with E-state index in [2.05, 4.69) is 103 Å². The van der Waals surface area contributed by atoms with E-state index >= 15 is 0 Å². The fourth-order valence-corrected chi connectivity index (χ4v) is 6.13. The van der Waals surface area contributed by atoms with E-state index in [1.54, 1.807) is 0 Å². The van der Waals surface area contributed by atoms with Gasteiger partial charge in [-0.25, -0.2) is 0 Å². The Bertz CT molecular complexity index is 1480. The molecule has 0 radical (unpaired) electrons. The van der Waals surface area contributed by atoms with Crippen LogP contribution < -0.4 is 0 Å². The SMILES string of the molecule is Clc1cccc(-c2ccc3c(c2)C2(c4ccccc4-c4ccccc42)c2ccccc2-3)c1. The third-order valence-corrected chi connectivity index (χ3v) is 7.39. The Morgan fingerprint density at radius 1 is 0.406 bits per heavy atom. The Labute approximate surface area is 192 Å². The first-order valence-corrected chi connectivity index (χ1v) is 11.4. The van der Waals surface area contributed by atoms with Gasteiger partial charge < -0.3 is 0 Å². The van der Waals surface area contributed by atoms with Crippen LogP contribution in [0.3, 0.4) is 0 Å². The monoisotopic (exact) mass is 426 g/mol. The average molecular weight is 427 g/mol. The van der Waals surface area contributed by atoms with Crippen LogP contribution in [-0.2, 0) is 5.41 Å². The molecule has 1 heteroatoms. The van der Waals surface area contributed by atoms with Gasteiger partial charge in [0.1, 0.15) is 0 Å². The van der Waals surface area contributed by atoms with Crippen LogP contribution in [0.15, 0.2) is 115 Å². The molecular weight excluding hydrogens is 408 g/mol. The van der Waals surface area contributed by atoms with E-state index in [1.165, 1.54) is 50.1 Å². The Balaban J connectivity index is 1.63. The summed E-state index contributed by atoms with van der Waals surface area (Å²) in [6.45, 7) is 0. The molecule has 0 nitrogen and oxygen atoms in total. The van der Waals surface area contributed by atoms with Crippen LogP contribution in [0.25, 0.3) is 33.4 Å². The van der Waals surface area contributed by atoms with Gasteiger partial charge in [-0.05, 0) is 73.8 Å². The standard InChI is InChI=1S/C31H19Cl/c32-22-9-7-8-20(18-22)21-16-17-26-25-12-3-6-15-29(25)31(30(26)19-21)27-13-4-1-10-23(27)24-11-2-5-14-28(24)31/h1-19H. The zero-order valence-electron chi connectivity index (χ0n) is 17.3. The van der Waals surface area contributed by atoms with Crippen molar-refractivity contribution in [3.63, 3.8) is 0 Å². The van der Waals surface area contributed by atoms with Crippen molar-refractivity contribution in [2.45, 2.75) is 5.41 Å². The van der Waals surface area contributed by atoms with Crippen LogP contribution in [0.5, 0.6) is 0 Å². The lowest BCUT2D eigenvalue weighted by Gasteiger charge is -2.30. The molecule has 1 spiro atoms. The van der Waals surface area contributed by atoms with Gasteiger partial charge in [0, 0.05) is 5.02 Å². The Hall–Kier alpha value is -3.61. The van der Waals surface area contributed by atoms with Crippen molar-refractivity contribution in [1.82, 2.24) is 0 Å². The van der Waals surface area contributed by atoms with Gasteiger partial charge in [-0.3, -0.25) is 0 Å². The molecular formula is C31H19Cl. The van der Waals surface area contributed by atoms with Crippen molar-refractivity contribution in [3.8, 4) is 33.4 Å². The number of hydrogen-bond donors (Lipinski definition) is 0. The normalized spacial score (nSPS) is 14.0. The molecule has 2 aliphatic carbocycles. The van der Waals surface area contributed by atoms with Gasteiger partial charge in [-0.15, -0.1) is 0 Å². The first-order chi connectivity index (χ1) is 15.8. The fourth-order valence-electron chi connectivity index (χ4n) is 5.94. The van der Waals surface area contributed by atoms with Crippen molar-refractivity contribution in [1.29, 1.82) is 0 Å². The van der Waals surface area contributed by atoms with Crippen molar-refractivity contribution in [3.05, 3.63) is 143 Å². The summed E-state index contributed by atoms with van der Waals surface area (Å²) in [6.07, 6.45) is 0. The Morgan fingerprint density at radius 2 is 0.906 bits per heavy atom. The maximum atomic E-state index is 6.34. The fraction of sp³-hybridized carbons (Fsp3) is 0.0323. The van der Waals surface area contributed by atoms with Crippen molar-refractivity contribution in [2.24, 2.45) is 0 Å². The summed E-state index contributed by atoms with van der Waals surface area (Å²) in [4.78, 5) is 0. The summed E-state index contributed by atoms with van der Waals surface area (Å²) < 4.78 is 0. The molecule has 2 aliphatic rings. The molecule has 150 valence electrons. The molecule has 0 unspecified atom stereocenters. The molecule has 5 aromatic carbocycles. The molecule has 0 fully saturated rings. The highest BCUT2D eigenvalue weighted by Crippen LogP contribution is 2.62. The number of halogens is 1. The molecule has 0 aromatic heterocycles. The second-order valence-electron chi connectivity index (χ2n) is 8.66. The van der Waals surface area contributed by atoms with Crippen molar-refractivity contribution >= 4 is 11.6 Å². The minimum Gasteiger partial charge on any atom is -0.0843 e. The molecule has 0 N–H and O–H groups in total. The maximum Gasteiger partial charge on any atom is 0.0725 e. The lowest BCUT2D eigenvalue weighted by molar-refractivity contribution is 0.794. The number of rotatable bonds is 1. The lowest BCUT2D eigenvalue weighted by atomic mass is 9.70. The van der Waals surface area contributed by atoms with E-state index in [0.717, 1.165) is 10.6 Å². The molecule has 0 bridgehead atoms. The van der Waals surface area contributed by atoms with Gasteiger partial charge in [0.15, 0.2) is 0 Å². The zero-order chi connectivity index (χ0) is 21.3. The largest absolute Gasteiger partial charge is 0.0843 e. The molecule has 0 saturated heterocycles. The average Bonchev–Trinajstić information content (AvgIpc) is 3.31. The number of hydrogen-bond acceptors (Lipinski definition) is 0. The van der Waals surface area contributed by atoms with Crippen LogP contribution >= 0.6 is 11.6 Å². The maximum absolute atomic E-state index is 6.34. The number of fused-ring (bicyclic) bond motifs is 10. The quantitative estimate of drug-likeness (QED) is 0.247. The third-order valence-electron chi connectivity index (χ3n) is 7.16. The Kier molecular flexibility index (Phi) is 3.63. The van der Waals surface area contributed by atoms with Crippen molar-refractivity contribution < 1.29 is 0 Å². The molecule has 0 amide bonds. The van der Waals surface area contributed by atoms with E-state index in [0.29, 0.717) is 0 Å².